The Hall–Kier alpha value is -2.83. The van der Waals surface area contributed by atoms with E-state index in [1.807, 2.05) is 0 Å². The van der Waals surface area contributed by atoms with Crippen molar-refractivity contribution in [2.24, 2.45) is 0 Å². The van der Waals surface area contributed by atoms with E-state index in [1.165, 1.54) is 10.8 Å². The van der Waals surface area contributed by atoms with Gasteiger partial charge in [0.1, 0.15) is 12.1 Å². The van der Waals surface area contributed by atoms with E-state index in [-0.39, 0.29) is 31.1 Å². The quantitative estimate of drug-likeness (QED) is 0.574. The van der Waals surface area contributed by atoms with Crippen LogP contribution in [0.15, 0.2) is 31.0 Å². The van der Waals surface area contributed by atoms with Gasteiger partial charge < -0.3 is 14.3 Å². The predicted molar refractivity (Wildman–Crippen MR) is 83.3 cm³/mol. The van der Waals surface area contributed by atoms with Crippen molar-refractivity contribution in [1.29, 1.82) is 0 Å². The van der Waals surface area contributed by atoms with Gasteiger partial charge in [0.15, 0.2) is 5.69 Å². The maximum Gasteiger partial charge on any atom is 0.357 e. The average Bonchev–Trinajstić information content (AvgIpc) is 2.94. The zero-order valence-electron chi connectivity index (χ0n) is 13.1. The lowest BCUT2D eigenvalue weighted by Crippen LogP contribution is -2.17. The van der Waals surface area contributed by atoms with Gasteiger partial charge in [0.25, 0.3) is 0 Å². The van der Waals surface area contributed by atoms with E-state index < -0.39 is 11.9 Å². The van der Waals surface area contributed by atoms with Gasteiger partial charge in [0.2, 0.25) is 0 Å². The fourth-order valence-corrected chi connectivity index (χ4v) is 2.00. The molecule has 0 saturated carbocycles. The van der Waals surface area contributed by atoms with Crippen molar-refractivity contribution in [1.82, 2.24) is 9.71 Å². The number of carbonyl (C=O) groups excluding carboxylic acids is 2. The standard InChI is InChI=1S/C16H18N2O5/c1-4-9-23-18-8-7-12-13(18)10-11(15(19)21-5-2)14(17-12)16(20)22-6-3/h4,7-8,10H,1,5-6,9H2,2-3H3. The minimum absolute atomic E-state index is 0.0416. The van der Waals surface area contributed by atoms with Crippen molar-refractivity contribution in [2.45, 2.75) is 13.8 Å². The first kappa shape index (κ1) is 16.5. The van der Waals surface area contributed by atoms with Crippen molar-refractivity contribution >= 4 is 23.0 Å². The molecule has 2 heterocycles. The highest BCUT2D eigenvalue weighted by atomic mass is 16.7. The number of esters is 2. The van der Waals surface area contributed by atoms with Crippen molar-refractivity contribution in [3.05, 3.63) is 42.2 Å². The molecule has 7 nitrogen and oxygen atoms in total. The minimum atomic E-state index is -0.669. The molecule has 2 aromatic heterocycles. The minimum Gasteiger partial charge on any atom is -0.462 e. The van der Waals surface area contributed by atoms with Gasteiger partial charge in [-0.05, 0) is 26.0 Å². The van der Waals surface area contributed by atoms with Crippen LogP contribution in [-0.4, -0.2) is 41.5 Å². The Morgan fingerprint density at radius 3 is 2.61 bits per heavy atom. The zero-order chi connectivity index (χ0) is 16.8. The Balaban J connectivity index is 2.55. The number of hydrogen-bond donors (Lipinski definition) is 0. The number of carbonyl (C=O) groups is 2. The van der Waals surface area contributed by atoms with Gasteiger partial charge in [-0.1, -0.05) is 12.7 Å². The molecular weight excluding hydrogens is 300 g/mol. The normalized spacial score (nSPS) is 10.3. The van der Waals surface area contributed by atoms with Crippen LogP contribution in [0.25, 0.3) is 11.0 Å². The third kappa shape index (κ3) is 3.50. The fraction of sp³-hybridized carbons (Fsp3) is 0.312. The summed E-state index contributed by atoms with van der Waals surface area (Å²) < 4.78 is 11.4. The van der Waals surface area contributed by atoms with Crippen LogP contribution < -0.4 is 4.84 Å². The third-order valence-corrected chi connectivity index (χ3v) is 2.93. The lowest BCUT2D eigenvalue weighted by molar-refractivity contribution is 0.0473. The van der Waals surface area contributed by atoms with Gasteiger partial charge in [-0.2, -0.15) is 4.73 Å². The number of fused-ring (bicyclic) bond motifs is 1. The van der Waals surface area contributed by atoms with E-state index in [9.17, 15) is 9.59 Å². The van der Waals surface area contributed by atoms with Crippen molar-refractivity contribution < 1.29 is 23.9 Å². The number of aromatic nitrogens is 2. The maximum absolute atomic E-state index is 12.1. The van der Waals surface area contributed by atoms with Gasteiger partial charge in [0, 0.05) is 6.20 Å². The van der Waals surface area contributed by atoms with Crippen LogP contribution in [0, 0.1) is 0 Å². The van der Waals surface area contributed by atoms with Gasteiger partial charge in [0.05, 0.1) is 24.3 Å². The Bertz CT molecular complexity index is 735. The molecule has 0 atom stereocenters. The summed E-state index contributed by atoms with van der Waals surface area (Å²) in [6.07, 6.45) is 3.24. The molecule has 0 bridgehead atoms. The van der Waals surface area contributed by atoms with Crippen LogP contribution in [0.2, 0.25) is 0 Å². The molecule has 0 N–H and O–H groups in total. The Kier molecular flexibility index (Phi) is 5.35. The van der Waals surface area contributed by atoms with Crippen LogP contribution in [0.3, 0.4) is 0 Å². The summed E-state index contributed by atoms with van der Waals surface area (Å²) in [5.74, 6) is -1.31. The summed E-state index contributed by atoms with van der Waals surface area (Å²) in [4.78, 5) is 33.8. The molecular formula is C16H18N2O5. The molecule has 122 valence electrons. The third-order valence-electron chi connectivity index (χ3n) is 2.93. The molecule has 0 spiro atoms. The van der Waals surface area contributed by atoms with Gasteiger partial charge in [-0.3, -0.25) is 0 Å². The second-order valence-electron chi connectivity index (χ2n) is 4.46. The number of ether oxygens (including phenoxy) is 2. The number of pyridine rings is 1. The van der Waals surface area contributed by atoms with E-state index in [1.54, 1.807) is 32.2 Å². The van der Waals surface area contributed by atoms with E-state index in [0.717, 1.165) is 0 Å². The van der Waals surface area contributed by atoms with Crippen LogP contribution in [0.4, 0.5) is 0 Å². The molecule has 2 aromatic rings. The molecule has 0 unspecified atom stereocenters. The van der Waals surface area contributed by atoms with E-state index >= 15 is 0 Å². The molecule has 2 rings (SSSR count). The molecule has 23 heavy (non-hydrogen) atoms. The van der Waals surface area contributed by atoms with Crippen LogP contribution in [0.1, 0.15) is 34.7 Å². The first-order valence-corrected chi connectivity index (χ1v) is 7.22. The summed E-state index contributed by atoms with van der Waals surface area (Å²) in [5, 5.41) is 0. The molecule has 7 heteroatoms. The topological polar surface area (TPSA) is 79.7 Å². The summed E-state index contributed by atoms with van der Waals surface area (Å²) in [5.41, 5.74) is 1.02. The van der Waals surface area contributed by atoms with Gasteiger partial charge >= 0.3 is 11.9 Å². The SMILES string of the molecule is C=CCOn1ccc2nc(C(=O)OCC)c(C(=O)OCC)cc21. The van der Waals surface area contributed by atoms with E-state index in [2.05, 4.69) is 11.6 Å². The van der Waals surface area contributed by atoms with Crippen molar-refractivity contribution in [2.75, 3.05) is 19.8 Å². The van der Waals surface area contributed by atoms with Crippen molar-refractivity contribution in [3.8, 4) is 0 Å². The molecule has 0 aliphatic heterocycles. The van der Waals surface area contributed by atoms with E-state index in [0.29, 0.717) is 11.0 Å². The summed E-state index contributed by atoms with van der Waals surface area (Å²) >= 11 is 0. The Morgan fingerprint density at radius 1 is 1.26 bits per heavy atom. The number of hydrogen-bond acceptors (Lipinski definition) is 6. The maximum atomic E-state index is 12.1. The lowest BCUT2D eigenvalue weighted by atomic mass is 10.1. The first-order valence-electron chi connectivity index (χ1n) is 7.22. The highest BCUT2D eigenvalue weighted by Gasteiger charge is 2.23. The largest absolute Gasteiger partial charge is 0.462 e. The summed E-state index contributed by atoms with van der Waals surface area (Å²) in [7, 11) is 0. The highest BCUT2D eigenvalue weighted by Crippen LogP contribution is 2.19. The van der Waals surface area contributed by atoms with Crippen LogP contribution in [0.5, 0.6) is 0 Å². The predicted octanol–water partition coefficient (Wildman–Crippen LogP) is 2.00. The number of nitrogens with zero attached hydrogens (tertiary/aromatic N) is 2. The van der Waals surface area contributed by atoms with Crippen LogP contribution >= 0.6 is 0 Å². The van der Waals surface area contributed by atoms with Crippen LogP contribution in [-0.2, 0) is 9.47 Å². The lowest BCUT2D eigenvalue weighted by Gasteiger charge is -2.10. The molecule has 0 aliphatic carbocycles. The number of rotatable bonds is 7. The van der Waals surface area contributed by atoms with E-state index in [4.69, 9.17) is 14.3 Å². The second kappa shape index (κ2) is 7.44. The van der Waals surface area contributed by atoms with Gasteiger partial charge in [-0.15, -0.1) is 0 Å². The fourth-order valence-electron chi connectivity index (χ4n) is 2.00. The molecule has 0 fully saturated rings. The molecule has 0 aliphatic rings. The molecule has 0 saturated heterocycles. The monoisotopic (exact) mass is 318 g/mol. The molecule has 0 aromatic carbocycles. The summed E-state index contributed by atoms with van der Waals surface area (Å²) in [6.45, 7) is 7.61. The Morgan fingerprint density at radius 2 is 1.96 bits per heavy atom. The average molecular weight is 318 g/mol. The highest BCUT2D eigenvalue weighted by molar-refractivity contribution is 6.04. The summed E-state index contributed by atoms with van der Waals surface area (Å²) in [6, 6.07) is 3.19. The van der Waals surface area contributed by atoms with Gasteiger partial charge in [-0.25, -0.2) is 14.6 Å². The molecule has 0 radical (unpaired) electrons. The first-order chi connectivity index (χ1) is 11.1. The van der Waals surface area contributed by atoms with Crippen molar-refractivity contribution in [3.63, 3.8) is 0 Å². The second-order valence-corrected chi connectivity index (χ2v) is 4.46. The smallest absolute Gasteiger partial charge is 0.357 e. The zero-order valence-corrected chi connectivity index (χ0v) is 13.1. The Labute approximate surface area is 133 Å². The molecule has 0 amide bonds.